The van der Waals surface area contributed by atoms with E-state index in [9.17, 15) is 4.79 Å². The lowest BCUT2D eigenvalue weighted by Gasteiger charge is -2.06. The van der Waals surface area contributed by atoms with Crippen LogP contribution in [0, 0.1) is 6.92 Å². The Morgan fingerprint density at radius 3 is 3.00 bits per heavy atom. The number of benzene rings is 1. The maximum Gasteiger partial charge on any atom is 0.252 e. The van der Waals surface area contributed by atoms with Gasteiger partial charge in [0.1, 0.15) is 5.01 Å². The summed E-state index contributed by atoms with van der Waals surface area (Å²) in [6, 6.07) is 5.37. The molecule has 2 rings (SSSR count). The number of amides is 1. The van der Waals surface area contributed by atoms with E-state index in [0.29, 0.717) is 12.1 Å². The minimum Gasteiger partial charge on any atom is -0.345 e. The monoisotopic (exact) mass is 342 g/mol. The van der Waals surface area contributed by atoms with Crippen molar-refractivity contribution in [1.82, 2.24) is 10.3 Å². The molecule has 2 aromatic rings. The van der Waals surface area contributed by atoms with Crippen LogP contribution in [0.2, 0.25) is 0 Å². The topological polar surface area (TPSA) is 42.0 Å². The summed E-state index contributed by atoms with van der Waals surface area (Å²) in [5.74, 6) is -0.134. The number of thiol groups is 1. The Morgan fingerprint density at radius 2 is 2.33 bits per heavy atom. The van der Waals surface area contributed by atoms with Gasteiger partial charge in [0.05, 0.1) is 12.1 Å². The standard InChI is InChI=1S/C12H11BrN2OS2/c1-7-5-14-11(18-7)6-15-12(16)9-4-8(17)2-3-10(9)13/h2-5,17H,6H2,1H3,(H,15,16). The largest absolute Gasteiger partial charge is 0.345 e. The fraction of sp³-hybridized carbons (Fsp3) is 0.167. The summed E-state index contributed by atoms with van der Waals surface area (Å²) < 4.78 is 0.758. The Hall–Kier alpha value is -0.850. The highest BCUT2D eigenvalue weighted by molar-refractivity contribution is 9.10. The lowest BCUT2D eigenvalue weighted by atomic mass is 10.2. The van der Waals surface area contributed by atoms with Gasteiger partial charge in [0.2, 0.25) is 0 Å². The maximum absolute atomic E-state index is 12.0. The third-order valence-electron chi connectivity index (χ3n) is 2.26. The van der Waals surface area contributed by atoms with Gasteiger partial charge < -0.3 is 5.32 Å². The van der Waals surface area contributed by atoms with Crippen molar-refractivity contribution in [3.8, 4) is 0 Å². The van der Waals surface area contributed by atoms with Crippen molar-refractivity contribution in [2.24, 2.45) is 0 Å². The summed E-state index contributed by atoms with van der Waals surface area (Å²) in [5.41, 5.74) is 0.579. The molecule has 1 amide bonds. The molecule has 0 aliphatic heterocycles. The molecule has 3 nitrogen and oxygen atoms in total. The molecule has 1 aromatic heterocycles. The molecule has 94 valence electrons. The van der Waals surface area contributed by atoms with E-state index in [1.54, 1.807) is 23.6 Å². The van der Waals surface area contributed by atoms with Crippen molar-refractivity contribution in [3.63, 3.8) is 0 Å². The molecule has 0 radical (unpaired) electrons. The molecule has 1 N–H and O–H groups in total. The van der Waals surface area contributed by atoms with Crippen LogP contribution in [0.3, 0.4) is 0 Å². The number of nitrogens with zero attached hydrogens (tertiary/aromatic N) is 1. The first-order valence-corrected chi connectivity index (χ1v) is 7.30. The molecule has 1 heterocycles. The Balaban J connectivity index is 2.05. The predicted molar refractivity (Wildman–Crippen MR) is 79.4 cm³/mol. The SMILES string of the molecule is Cc1cnc(CNC(=O)c2cc(S)ccc2Br)s1. The zero-order valence-corrected chi connectivity index (χ0v) is 12.9. The average Bonchev–Trinajstić information content (AvgIpc) is 2.75. The van der Waals surface area contributed by atoms with Crippen LogP contribution in [0.25, 0.3) is 0 Å². The molecule has 0 saturated heterocycles. The number of rotatable bonds is 3. The number of carbonyl (C=O) groups excluding carboxylic acids is 1. The van der Waals surface area contributed by atoms with Crippen molar-refractivity contribution >= 4 is 45.8 Å². The van der Waals surface area contributed by atoms with Crippen LogP contribution in [0.5, 0.6) is 0 Å². The highest BCUT2D eigenvalue weighted by Crippen LogP contribution is 2.20. The quantitative estimate of drug-likeness (QED) is 0.839. The van der Waals surface area contributed by atoms with Crippen LogP contribution in [0.1, 0.15) is 20.2 Å². The van der Waals surface area contributed by atoms with Crippen LogP contribution in [-0.4, -0.2) is 10.9 Å². The summed E-state index contributed by atoms with van der Waals surface area (Å²) in [6.07, 6.45) is 1.80. The summed E-state index contributed by atoms with van der Waals surface area (Å²) in [4.78, 5) is 18.1. The van der Waals surface area contributed by atoms with Crippen LogP contribution in [-0.2, 0) is 6.54 Å². The summed E-state index contributed by atoms with van der Waals surface area (Å²) >= 11 is 9.16. The van der Waals surface area contributed by atoms with Crippen LogP contribution in [0.15, 0.2) is 33.8 Å². The first kappa shape index (κ1) is 13.6. The number of carbonyl (C=O) groups is 1. The Bertz CT molecular complexity index is 583. The molecule has 1 aromatic carbocycles. The molecule has 6 heteroatoms. The summed E-state index contributed by atoms with van der Waals surface area (Å²) in [6.45, 7) is 2.44. The number of aromatic nitrogens is 1. The lowest BCUT2D eigenvalue weighted by molar-refractivity contribution is 0.0950. The van der Waals surface area contributed by atoms with Gasteiger partial charge in [-0.3, -0.25) is 4.79 Å². The first-order chi connectivity index (χ1) is 8.56. The third-order valence-corrected chi connectivity index (χ3v) is 4.15. The van der Waals surface area contributed by atoms with Crippen molar-refractivity contribution < 1.29 is 4.79 Å². The molecule has 0 atom stereocenters. The molecular weight excluding hydrogens is 332 g/mol. The van der Waals surface area contributed by atoms with E-state index in [0.717, 1.165) is 19.3 Å². The zero-order valence-electron chi connectivity index (χ0n) is 9.61. The van der Waals surface area contributed by atoms with E-state index in [2.05, 4.69) is 38.9 Å². The first-order valence-electron chi connectivity index (χ1n) is 5.24. The Labute approximate surface area is 123 Å². The molecule has 18 heavy (non-hydrogen) atoms. The molecule has 0 unspecified atom stereocenters. The Kier molecular flexibility index (Phi) is 4.42. The van der Waals surface area contributed by atoms with Crippen LogP contribution >= 0.6 is 39.9 Å². The van der Waals surface area contributed by atoms with Crippen molar-refractivity contribution in [2.75, 3.05) is 0 Å². The van der Waals surface area contributed by atoms with E-state index in [1.807, 2.05) is 19.1 Å². The number of nitrogens with one attached hydrogen (secondary N) is 1. The second kappa shape index (κ2) is 5.86. The molecular formula is C12H11BrN2OS2. The lowest BCUT2D eigenvalue weighted by Crippen LogP contribution is -2.23. The Morgan fingerprint density at radius 1 is 1.56 bits per heavy atom. The zero-order chi connectivity index (χ0) is 13.1. The molecule has 0 bridgehead atoms. The van der Waals surface area contributed by atoms with Gasteiger partial charge in [-0.15, -0.1) is 24.0 Å². The molecule has 0 spiro atoms. The molecule has 0 fully saturated rings. The third kappa shape index (κ3) is 3.34. The van der Waals surface area contributed by atoms with Crippen LogP contribution < -0.4 is 5.32 Å². The molecule has 0 aliphatic rings. The summed E-state index contributed by atoms with van der Waals surface area (Å²) in [7, 11) is 0. The van der Waals surface area contributed by atoms with E-state index in [1.165, 1.54) is 0 Å². The fourth-order valence-electron chi connectivity index (χ4n) is 1.42. The normalized spacial score (nSPS) is 10.4. The van der Waals surface area contributed by atoms with Gasteiger partial charge in [-0.25, -0.2) is 4.98 Å². The van der Waals surface area contributed by atoms with Crippen LogP contribution in [0.4, 0.5) is 0 Å². The van der Waals surface area contributed by atoms with E-state index in [4.69, 9.17) is 0 Å². The van der Waals surface area contributed by atoms with Gasteiger partial charge in [-0.05, 0) is 41.1 Å². The molecule has 0 saturated carbocycles. The highest BCUT2D eigenvalue weighted by atomic mass is 79.9. The maximum atomic E-state index is 12.0. The second-order valence-corrected chi connectivity index (χ2v) is 6.40. The number of aryl methyl sites for hydroxylation is 1. The fourth-order valence-corrected chi connectivity index (χ4v) is 2.78. The minimum absolute atomic E-state index is 0.134. The van der Waals surface area contributed by atoms with E-state index < -0.39 is 0 Å². The number of hydrogen-bond donors (Lipinski definition) is 2. The van der Waals surface area contributed by atoms with Gasteiger partial charge in [-0.1, -0.05) is 0 Å². The van der Waals surface area contributed by atoms with Crippen molar-refractivity contribution in [2.45, 2.75) is 18.4 Å². The van der Waals surface area contributed by atoms with Gasteiger partial charge in [0.15, 0.2) is 0 Å². The van der Waals surface area contributed by atoms with E-state index in [-0.39, 0.29) is 5.91 Å². The smallest absolute Gasteiger partial charge is 0.252 e. The van der Waals surface area contributed by atoms with E-state index >= 15 is 0 Å². The number of thiazole rings is 1. The van der Waals surface area contributed by atoms with Gasteiger partial charge >= 0.3 is 0 Å². The van der Waals surface area contributed by atoms with Gasteiger partial charge in [-0.2, -0.15) is 0 Å². The average molecular weight is 343 g/mol. The predicted octanol–water partition coefficient (Wildman–Crippen LogP) is 3.43. The number of halogens is 1. The molecule has 0 aliphatic carbocycles. The summed E-state index contributed by atoms with van der Waals surface area (Å²) in [5, 5.41) is 3.74. The van der Waals surface area contributed by atoms with Crippen molar-refractivity contribution in [1.29, 1.82) is 0 Å². The highest BCUT2D eigenvalue weighted by Gasteiger charge is 2.10. The van der Waals surface area contributed by atoms with Gasteiger partial charge in [0, 0.05) is 20.4 Å². The number of hydrogen-bond acceptors (Lipinski definition) is 4. The van der Waals surface area contributed by atoms with Crippen molar-refractivity contribution in [3.05, 3.63) is 44.3 Å². The second-order valence-electron chi connectivity index (χ2n) is 3.71. The van der Waals surface area contributed by atoms with Gasteiger partial charge in [0.25, 0.3) is 5.91 Å². The minimum atomic E-state index is -0.134.